The fraction of sp³-hybridized carbons (Fsp3) is 0.706. The van der Waals surface area contributed by atoms with Crippen molar-refractivity contribution in [3.05, 3.63) is 24.2 Å². The molecule has 6 heteroatoms. The predicted octanol–water partition coefficient (Wildman–Crippen LogP) is 2.28. The maximum Gasteiger partial charge on any atom is 0.315 e. The molecule has 1 aromatic heterocycles. The van der Waals surface area contributed by atoms with Crippen molar-refractivity contribution in [2.75, 3.05) is 26.8 Å². The molecule has 23 heavy (non-hydrogen) atoms. The topological polar surface area (TPSA) is 66.7 Å². The number of rotatable bonds is 6. The summed E-state index contributed by atoms with van der Waals surface area (Å²) >= 11 is 0. The van der Waals surface area contributed by atoms with Crippen LogP contribution < -0.4 is 10.6 Å². The Morgan fingerprint density at radius 3 is 2.96 bits per heavy atom. The Morgan fingerprint density at radius 2 is 2.26 bits per heavy atom. The lowest BCUT2D eigenvalue weighted by atomic mass is 10.2. The summed E-state index contributed by atoms with van der Waals surface area (Å²) in [6.45, 7) is 2.45. The van der Waals surface area contributed by atoms with E-state index < -0.39 is 0 Å². The highest BCUT2D eigenvalue weighted by molar-refractivity contribution is 5.74. The molecule has 1 aliphatic heterocycles. The Labute approximate surface area is 137 Å². The second-order valence-electron chi connectivity index (χ2n) is 6.56. The smallest absolute Gasteiger partial charge is 0.315 e. The minimum absolute atomic E-state index is 0.151. The summed E-state index contributed by atoms with van der Waals surface area (Å²) in [7, 11) is 1.62. The number of carbonyl (C=O) groups excluding carboxylic acids is 1. The van der Waals surface area contributed by atoms with Gasteiger partial charge in [-0.05, 0) is 31.4 Å². The van der Waals surface area contributed by atoms with Gasteiger partial charge < -0.3 is 19.8 Å². The van der Waals surface area contributed by atoms with Crippen LogP contribution in [0.4, 0.5) is 4.79 Å². The number of methoxy groups -OCH3 is 1. The number of urea groups is 1. The Kier molecular flexibility index (Phi) is 5.56. The Bertz CT molecular complexity index is 485. The van der Waals surface area contributed by atoms with Crippen LogP contribution in [0.15, 0.2) is 22.8 Å². The van der Waals surface area contributed by atoms with E-state index in [1.54, 1.807) is 13.4 Å². The quantitative estimate of drug-likeness (QED) is 0.843. The first kappa shape index (κ1) is 16.3. The molecular weight excluding hydrogens is 294 g/mol. The van der Waals surface area contributed by atoms with Gasteiger partial charge in [0.15, 0.2) is 0 Å². The molecular formula is C17H27N3O3. The zero-order valence-corrected chi connectivity index (χ0v) is 13.8. The van der Waals surface area contributed by atoms with E-state index in [2.05, 4.69) is 15.5 Å². The Morgan fingerprint density at radius 1 is 1.43 bits per heavy atom. The maximum atomic E-state index is 12.3. The summed E-state index contributed by atoms with van der Waals surface area (Å²) in [5.74, 6) is 0.709. The van der Waals surface area contributed by atoms with E-state index >= 15 is 0 Å². The molecule has 1 saturated carbocycles. The first-order valence-corrected chi connectivity index (χ1v) is 8.59. The van der Waals surface area contributed by atoms with Gasteiger partial charge in [0.2, 0.25) is 0 Å². The summed E-state index contributed by atoms with van der Waals surface area (Å²) in [6.07, 6.45) is 7.96. The minimum Gasteiger partial charge on any atom is -0.467 e. The van der Waals surface area contributed by atoms with Crippen molar-refractivity contribution < 1.29 is 13.9 Å². The van der Waals surface area contributed by atoms with Crippen LogP contribution in [-0.4, -0.2) is 49.8 Å². The predicted molar refractivity (Wildman–Crippen MR) is 87.2 cm³/mol. The van der Waals surface area contributed by atoms with E-state index in [-0.39, 0.29) is 18.1 Å². The molecule has 0 unspecified atom stereocenters. The third-order valence-corrected chi connectivity index (χ3v) is 4.92. The van der Waals surface area contributed by atoms with Crippen molar-refractivity contribution in [2.24, 2.45) is 0 Å². The van der Waals surface area contributed by atoms with Crippen molar-refractivity contribution in [1.29, 1.82) is 0 Å². The number of hydrogen-bond acceptors (Lipinski definition) is 4. The molecule has 6 nitrogen and oxygen atoms in total. The van der Waals surface area contributed by atoms with Gasteiger partial charge in [-0.2, -0.15) is 0 Å². The Balaban J connectivity index is 1.47. The zero-order valence-electron chi connectivity index (χ0n) is 13.8. The lowest BCUT2D eigenvalue weighted by molar-refractivity contribution is 0.156. The second-order valence-corrected chi connectivity index (χ2v) is 6.56. The van der Waals surface area contributed by atoms with Crippen LogP contribution in [0.25, 0.3) is 0 Å². The average molecular weight is 321 g/mol. The zero-order chi connectivity index (χ0) is 16.1. The number of amides is 2. The fourth-order valence-corrected chi connectivity index (χ4v) is 3.74. The monoisotopic (exact) mass is 321 g/mol. The fourth-order valence-electron chi connectivity index (χ4n) is 3.74. The summed E-state index contributed by atoms with van der Waals surface area (Å²) in [5, 5.41) is 6.04. The molecule has 0 radical (unpaired) electrons. The number of nitrogens with zero attached hydrogens (tertiary/aromatic N) is 1. The van der Waals surface area contributed by atoms with Crippen LogP contribution in [0.5, 0.6) is 0 Å². The van der Waals surface area contributed by atoms with Gasteiger partial charge in [0.05, 0.1) is 12.9 Å². The van der Waals surface area contributed by atoms with Gasteiger partial charge in [-0.25, -0.2) is 4.79 Å². The van der Waals surface area contributed by atoms with Crippen LogP contribution >= 0.6 is 0 Å². The summed E-state index contributed by atoms with van der Waals surface area (Å²) < 4.78 is 10.5. The lowest BCUT2D eigenvalue weighted by Gasteiger charge is -2.24. The normalized spacial score (nSPS) is 24.0. The maximum absolute atomic E-state index is 12.3. The highest BCUT2D eigenvalue weighted by atomic mass is 16.5. The van der Waals surface area contributed by atoms with Gasteiger partial charge in [0, 0.05) is 32.3 Å². The summed E-state index contributed by atoms with van der Waals surface area (Å²) in [5.41, 5.74) is 0. The molecule has 2 heterocycles. The second kappa shape index (κ2) is 7.84. The van der Waals surface area contributed by atoms with E-state index in [1.165, 1.54) is 25.7 Å². The van der Waals surface area contributed by atoms with Crippen LogP contribution in [0, 0.1) is 0 Å². The molecule has 0 spiro atoms. The first-order valence-electron chi connectivity index (χ1n) is 8.59. The average Bonchev–Trinajstić information content (AvgIpc) is 3.28. The molecule has 2 amide bonds. The number of hydrogen-bond donors (Lipinski definition) is 2. The molecule has 2 N–H and O–H groups in total. The van der Waals surface area contributed by atoms with Gasteiger partial charge in [0.25, 0.3) is 0 Å². The number of furan rings is 1. The lowest BCUT2D eigenvalue weighted by Crippen LogP contribution is -2.45. The standard InChI is InChI=1S/C17H27N3O3/c1-22-12-15(16-7-4-10-23-16)19-17(21)18-13-8-9-20(11-13)14-5-2-3-6-14/h4,7,10,13-15H,2-3,5-6,8-9,11-12H2,1H3,(H2,18,19,21)/t13-,15-/m1/s1. The van der Waals surface area contributed by atoms with Crippen molar-refractivity contribution in [3.8, 4) is 0 Å². The molecule has 0 aromatic carbocycles. The molecule has 128 valence electrons. The summed E-state index contributed by atoms with van der Waals surface area (Å²) in [6, 6.07) is 4.21. The van der Waals surface area contributed by atoms with Gasteiger partial charge in [-0.1, -0.05) is 12.8 Å². The molecule has 1 aromatic rings. The van der Waals surface area contributed by atoms with E-state index in [9.17, 15) is 4.79 Å². The Hall–Kier alpha value is -1.53. The number of ether oxygens (including phenoxy) is 1. The van der Waals surface area contributed by atoms with Crippen molar-refractivity contribution in [1.82, 2.24) is 15.5 Å². The third kappa shape index (κ3) is 4.26. The molecule has 1 saturated heterocycles. The van der Waals surface area contributed by atoms with Gasteiger partial charge >= 0.3 is 6.03 Å². The van der Waals surface area contributed by atoms with Crippen molar-refractivity contribution >= 4 is 6.03 Å². The largest absolute Gasteiger partial charge is 0.467 e. The van der Waals surface area contributed by atoms with Gasteiger partial charge in [-0.3, -0.25) is 4.90 Å². The van der Waals surface area contributed by atoms with E-state index in [4.69, 9.17) is 9.15 Å². The van der Waals surface area contributed by atoms with Crippen LogP contribution in [0.3, 0.4) is 0 Å². The molecule has 2 atom stereocenters. The SMILES string of the molecule is COC[C@@H](NC(=O)N[C@@H]1CCN(C2CCCC2)C1)c1ccco1. The molecule has 3 rings (SSSR count). The number of nitrogens with one attached hydrogen (secondary N) is 2. The molecule has 0 bridgehead atoms. The highest BCUT2D eigenvalue weighted by Gasteiger charge is 2.31. The van der Waals surface area contributed by atoms with E-state index in [1.807, 2.05) is 12.1 Å². The van der Waals surface area contributed by atoms with Gasteiger partial charge in [0.1, 0.15) is 11.8 Å². The minimum atomic E-state index is -0.262. The molecule has 2 fully saturated rings. The van der Waals surface area contributed by atoms with Crippen molar-refractivity contribution in [3.63, 3.8) is 0 Å². The summed E-state index contributed by atoms with van der Waals surface area (Å²) in [4.78, 5) is 14.8. The van der Waals surface area contributed by atoms with E-state index in [0.717, 1.165) is 25.6 Å². The van der Waals surface area contributed by atoms with Crippen LogP contribution in [0.2, 0.25) is 0 Å². The first-order chi connectivity index (χ1) is 11.3. The van der Waals surface area contributed by atoms with Crippen LogP contribution in [0.1, 0.15) is 43.9 Å². The van der Waals surface area contributed by atoms with E-state index in [0.29, 0.717) is 12.4 Å². The number of likely N-dealkylation sites (tertiary alicyclic amines) is 1. The third-order valence-electron chi connectivity index (χ3n) is 4.92. The molecule has 1 aliphatic carbocycles. The van der Waals surface area contributed by atoms with Crippen molar-refractivity contribution in [2.45, 2.75) is 50.2 Å². The van der Waals surface area contributed by atoms with Crippen LogP contribution in [-0.2, 0) is 4.74 Å². The molecule has 2 aliphatic rings. The number of carbonyl (C=O) groups is 1. The highest BCUT2D eigenvalue weighted by Crippen LogP contribution is 2.26. The van der Waals surface area contributed by atoms with Gasteiger partial charge in [-0.15, -0.1) is 0 Å².